The number of para-hydroxylation sites is 4. The second-order valence-corrected chi connectivity index (χ2v) is 16.6. The number of ether oxygens (including phenoxy) is 1. The van der Waals surface area contributed by atoms with E-state index in [9.17, 15) is 0 Å². The molecule has 0 atom stereocenters. The van der Waals surface area contributed by atoms with Gasteiger partial charge in [0.1, 0.15) is 5.82 Å². The minimum Gasteiger partial charge on any atom is -0.509 e. The van der Waals surface area contributed by atoms with Gasteiger partial charge < -0.3 is 19.1 Å². The average molecular weight is 1060 g/mol. The Balaban J connectivity index is 0.00000688. The summed E-state index contributed by atoms with van der Waals surface area (Å²) in [6.45, 7) is -1.79. The molecule has 6 heteroatoms. The maximum absolute atomic E-state index is 8.84. The van der Waals surface area contributed by atoms with Crippen LogP contribution in [0.4, 0.5) is 22.7 Å². The zero-order chi connectivity index (χ0) is 54.2. The molecule has 0 aliphatic carbocycles. The monoisotopic (exact) mass is 1060 g/mol. The smallest absolute Gasteiger partial charge is 0.135 e. The van der Waals surface area contributed by atoms with Gasteiger partial charge in [-0.05, 0) is 113 Å². The van der Waals surface area contributed by atoms with Gasteiger partial charge in [-0.25, -0.2) is 4.98 Å². The fourth-order valence-electron chi connectivity index (χ4n) is 8.96. The normalized spacial score (nSPS) is 15.4. The molecule has 67 heavy (non-hydrogen) atoms. The molecule has 1 aliphatic heterocycles. The first-order chi connectivity index (χ1) is 36.7. The van der Waals surface area contributed by atoms with Crippen LogP contribution in [0.5, 0.6) is 11.5 Å². The fraction of sp³-hybridized carbons (Fsp3) is 0.115. The van der Waals surface area contributed by atoms with Crippen LogP contribution in [-0.4, -0.2) is 9.55 Å². The van der Waals surface area contributed by atoms with Gasteiger partial charge in [-0.1, -0.05) is 135 Å². The van der Waals surface area contributed by atoms with Crippen molar-refractivity contribution in [3.05, 3.63) is 223 Å². The number of anilines is 4. The summed E-state index contributed by atoms with van der Waals surface area (Å²) in [6, 6.07) is 60.1. The Morgan fingerprint density at radius 2 is 1.31 bits per heavy atom. The SMILES string of the molecule is [2H]C([2H])([2H])c1ccnc(-n2c3[c-]c(Oc4[c-]c(N5[CH-]N(c6c(-c7ccc(C([2H])([2H])C(C)C)cc7)cccc6-c6ccc(-c7ccccc7C([2H])([2H])[2H])c(C([2H])([2H])[2H])c6)c6ccccc65)ccc4)ccc3c3ccccc32)c1.[Pt]. The predicted molar refractivity (Wildman–Crippen MR) is 273 cm³/mol. The van der Waals surface area contributed by atoms with Crippen LogP contribution in [0.2, 0.25) is 0 Å². The molecular weight excluding hydrogens is 1000 g/mol. The van der Waals surface area contributed by atoms with Gasteiger partial charge >= 0.3 is 0 Å². The number of hydrogen-bond acceptors (Lipinski definition) is 4. The van der Waals surface area contributed by atoms with Crippen LogP contribution in [0.25, 0.3) is 61.0 Å². The third kappa shape index (κ3) is 8.23. The molecule has 0 radical (unpaired) electrons. The first-order valence-electron chi connectivity index (χ1n) is 27.3. The van der Waals surface area contributed by atoms with Crippen molar-refractivity contribution in [3.8, 4) is 50.7 Å². The van der Waals surface area contributed by atoms with Crippen molar-refractivity contribution >= 4 is 44.6 Å². The minimum atomic E-state index is -2.63. The summed E-state index contributed by atoms with van der Waals surface area (Å²) < 4.78 is 102. The van der Waals surface area contributed by atoms with E-state index >= 15 is 0 Å². The molecule has 2 aromatic heterocycles. The minimum absolute atomic E-state index is 0. The molecule has 5 nitrogen and oxygen atoms in total. The molecule has 0 saturated heterocycles. The molecule has 10 aromatic rings. The second-order valence-electron chi connectivity index (χ2n) is 16.6. The molecule has 11 rings (SSSR count). The number of aryl methyl sites for hydroxylation is 3. The standard InChI is InChI=1S/C61H49N4O.Pt/c1-40(2)34-44-24-26-45(27-25-44)52-19-13-20-53(46-28-30-51(43(5)36-46)50-17-7-6-14-42(50)4)61(52)64-39-63(57-22-10-11-23-58(57)64)47-15-12-16-48(37-47)66-49-29-31-55-54-18-8-9-21-56(54)65(59(55)38-49)60-35-41(3)32-33-62-60;/h6-33,35-36,39-40H,34H2,1-5H3;/q-3;/i3D3,4D3,5D3,34D2;. The van der Waals surface area contributed by atoms with Gasteiger partial charge in [-0.3, -0.25) is 0 Å². The fourth-order valence-corrected chi connectivity index (χ4v) is 8.96. The molecular formula is C61H49N4OPt-3. The van der Waals surface area contributed by atoms with Crippen LogP contribution in [0.15, 0.2) is 182 Å². The van der Waals surface area contributed by atoms with E-state index in [-0.39, 0.29) is 43.7 Å². The van der Waals surface area contributed by atoms with Crippen LogP contribution in [0.3, 0.4) is 0 Å². The van der Waals surface area contributed by atoms with Crippen molar-refractivity contribution in [3.63, 3.8) is 0 Å². The molecule has 0 bridgehead atoms. The Morgan fingerprint density at radius 1 is 0.612 bits per heavy atom. The van der Waals surface area contributed by atoms with E-state index in [1.165, 1.54) is 18.3 Å². The molecule has 332 valence electrons. The first kappa shape index (κ1) is 32.5. The van der Waals surface area contributed by atoms with E-state index in [1.807, 2.05) is 151 Å². The number of hydrogen-bond donors (Lipinski definition) is 0. The molecule has 0 saturated carbocycles. The van der Waals surface area contributed by atoms with Crippen molar-refractivity contribution in [1.82, 2.24) is 9.55 Å². The van der Waals surface area contributed by atoms with E-state index in [0.717, 1.165) is 38.8 Å². The van der Waals surface area contributed by atoms with Gasteiger partial charge in [0, 0.05) is 87.5 Å². The van der Waals surface area contributed by atoms with Gasteiger partial charge in [0.25, 0.3) is 0 Å². The Hall–Kier alpha value is -7.20. The number of pyridine rings is 1. The Labute approximate surface area is 423 Å². The zero-order valence-corrected chi connectivity index (χ0v) is 38.8. The molecule has 0 spiro atoms. The summed E-state index contributed by atoms with van der Waals surface area (Å²) in [7, 11) is 0. The summed E-state index contributed by atoms with van der Waals surface area (Å²) in [6.07, 6.45) is -0.0804. The van der Waals surface area contributed by atoms with Crippen LogP contribution in [0.1, 0.15) is 51.2 Å². The van der Waals surface area contributed by atoms with Crippen LogP contribution in [-0.2, 0) is 27.4 Å². The van der Waals surface area contributed by atoms with Gasteiger partial charge in [-0.15, -0.1) is 48.1 Å². The maximum atomic E-state index is 8.84. The maximum Gasteiger partial charge on any atom is 0.135 e. The van der Waals surface area contributed by atoms with E-state index in [1.54, 1.807) is 42.5 Å². The third-order valence-corrected chi connectivity index (χ3v) is 11.9. The number of rotatable bonds is 10. The van der Waals surface area contributed by atoms with Crippen molar-refractivity contribution in [2.24, 2.45) is 5.92 Å². The van der Waals surface area contributed by atoms with E-state index in [4.69, 9.17) is 19.8 Å². The van der Waals surface area contributed by atoms with Gasteiger partial charge in [-0.2, -0.15) is 12.1 Å². The first-order valence-corrected chi connectivity index (χ1v) is 21.8. The average Bonchev–Trinajstić information content (AvgIpc) is 4.07. The van der Waals surface area contributed by atoms with Gasteiger partial charge in [0.15, 0.2) is 0 Å². The van der Waals surface area contributed by atoms with E-state index in [2.05, 4.69) is 22.0 Å². The number of benzene rings is 8. The number of fused-ring (bicyclic) bond motifs is 4. The number of nitrogens with zero attached hydrogens (tertiary/aromatic N) is 4. The number of aromatic nitrogens is 2. The summed E-state index contributed by atoms with van der Waals surface area (Å²) in [5.41, 5.74) is 8.66. The summed E-state index contributed by atoms with van der Waals surface area (Å²) in [5.74, 6) is 0.947. The van der Waals surface area contributed by atoms with E-state index < -0.39 is 26.9 Å². The topological polar surface area (TPSA) is 33.5 Å². The van der Waals surface area contributed by atoms with Crippen LogP contribution in [0, 0.1) is 45.3 Å². The Kier molecular flexibility index (Phi) is 8.83. The Morgan fingerprint density at radius 3 is 2.13 bits per heavy atom. The molecule has 0 fully saturated rings. The van der Waals surface area contributed by atoms with E-state index in [0.29, 0.717) is 62.0 Å². The molecule has 0 amide bonds. The second kappa shape index (κ2) is 18.2. The molecule has 0 unspecified atom stereocenters. The third-order valence-electron chi connectivity index (χ3n) is 11.9. The van der Waals surface area contributed by atoms with Gasteiger partial charge in [0.05, 0.1) is 0 Å². The predicted octanol–water partition coefficient (Wildman–Crippen LogP) is 16.1. The molecule has 3 heterocycles. The van der Waals surface area contributed by atoms with Gasteiger partial charge in [0.2, 0.25) is 0 Å². The van der Waals surface area contributed by atoms with Crippen molar-refractivity contribution in [2.75, 3.05) is 9.80 Å². The largest absolute Gasteiger partial charge is 0.509 e. The summed E-state index contributed by atoms with van der Waals surface area (Å²) >= 11 is 0. The summed E-state index contributed by atoms with van der Waals surface area (Å²) in [5, 5.41) is 1.82. The molecule has 8 aromatic carbocycles. The molecule has 1 aliphatic rings. The quantitative estimate of drug-likeness (QED) is 0.128. The Bertz CT molecular complexity index is 3890. The van der Waals surface area contributed by atoms with Crippen LogP contribution < -0.4 is 14.5 Å². The van der Waals surface area contributed by atoms with Crippen molar-refractivity contribution in [2.45, 2.75) is 40.8 Å². The van der Waals surface area contributed by atoms with Crippen molar-refractivity contribution < 1.29 is 40.9 Å². The summed E-state index contributed by atoms with van der Waals surface area (Å²) in [4.78, 5) is 8.65. The van der Waals surface area contributed by atoms with Crippen LogP contribution >= 0.6 is 0 Å². The van der Waals surface area contributed by atoms with Crippen molar-refractivity contribution in [1.29, 1.82) is 0 Å². The zero-order valence-electron chi connectivity index (χ0n) is 47.5. The molecule has 0 N–H and O–H groups in total.